The van der Waals surface area contributed by atoms with E-state index in [0.717, 1.165) is 12.3 Å². The Morgan fingerprint density at radius 1 is 1.25 bits per heavy atom. The molecule has 1 aromatic heterocycles. The molecule has 0 fully saturated rings. The van der Waals surface area contributed by atoms with Gasteiger partial charge in [0.15, 0.2) is 0 Å². The van der Waals surface area contributed by atoms with Crippen molar-refractivity contribution in [1.29, 1.82) is 0 Å². The van der Waals surface area contributed by atoms with E-state index in [1.54, 1.807) is 7.11 Å². The summed E-state index contributed by atoms with van der Waals surface area (Å²) in [5.41, 5.74) is 3.78. The number of hydrogen-bond donors (Lipinski definition) is 0. The van der Waals surface area contributed by atoms with Gasteiger partial charge in [-0.3, -0.25) is 0 Å². The zero-order chi connectivity index (χ0) is 11.5. The molecule has 2 heteroatoms. The highest BCUT2D eigenvalue weighted by atomic mass is 16.5. The number of aryl methyl sites for hydroxylation is 2. The van der Waals surface area contributed by atoms with Crippen molar-refractivity contribution < 1.29 is 4.74 Å². The fraction of sp³-hybridized carbons (Fsp3) is 0.286. The van der Waals surface area contributed by atoms with Crippen molar-refractivity contribution in [1.82, 2.24) is 4.57 Å². The maximum absolute atomic E-state index is 5.22. The molecule has 0 unspecified atom stereocenters. The second-order valence-corrected chi connectivity index (χ2v) is 3.86. The highest BCUT2D eigenvalue weighted by Crippen LogP contribution is 2.27. The number of nitrogens with zero attached hydrogens (tertiary/aromatic N) is 1. The lowest BCUT2D eigenvalue weighted by Gasteiger charge is -2.10. The summed E-state index contributed by atoms with van der Waals surface area (Å²) in [7, 11) is 1.70. The standard InChI is InChI=1S/C14H17NO/c1-4-15-9-5-6-14(15)13-8-7-12(16-3)10-11(13)2/h5-10H,4H2,1-3H3. The molecule has 0 N–H and O–H groups in total. The van der Waals surface area contributed by atoms with Gasteiger partial charge in [-0.2, -0.15) is 0 Å². The predicted octanol–water partition coefficient (Wildman–Crippen LogP) is 3.49. The third-order valence-corrected chi connectivity index (χ3v) is 2.88. The van der Waals surface area contributed by atoms with Crippen molar-refractivity contribution in [3.63, 3.8) is 0 Å². The second kappa shape index (κ2) is 4.44. The Morgan fingerprint density at radius 3 is 2.69 bits per heavy atom. The van der Waals surface area contributed by atoms with Gasteiger partial charge in [0, 0.05) is 24.0 Å². The van der Waals surface area contributed by atoms with Crippen LogP contribution in [-0.4, -0.2) is 11.7 Å². The molecule has 1 aromatic carbocycles. The Bertz CT molecular complexity index is 485. The van der Waals surface area contributed by atoms with Crippen molar-refractivity contribution in [2.24, 2.45) is 0 Å². The van der Waals surface area contributed by atoms with E-state index in [9.17, 15) is 0 Å². The van der Waals surface area contributed by atoms with Gasteiger partial charge in [0.1, 0.15) is 5.75 Å². The summed E-state index contributed by atoms with van der Waals surface area (Å²) in [6.07, 6.45) is 2.11. The minimum Gasteiger partial charge on any atom is -0.497 e. The summed E-state index contributed by atoms with van der Waals surface area (Å²) in [5, 5.41) is 0. The van der Waals surface area contributed by atoms with Gasteiger partial charge in [-0.05, 0) is 49.7 Å². The Morgan fingerprint density at radius 2 is 2.06 bits per heavy atom. The van der Waals surface area contributed by atoms with E-state index >= 15 is 0 Å². The van der Waals surface area contributed by atoms with Crippen LogP contribution in [0.2, 0.25) is 0 Å². The highest BCUT2D eigenvalue weighted by Gasteiger charge is 2.06. The first kappa shape index (κ1) is 10.8. The third-order valence-electron chi connectivity index (χ3n) is 2.88. The summed E-state index contributed by atoms with van der Waals surface area (Å²) in [4.78, 5) is 0. The van der Waals surface area contributed by atoms with Gasteiger partial charge in [0.25, 0.3) is 0 Å². The molecule has 0 aliphatic carbocycles. The van der Waals surface area contributed by atoms with Crippen LogP contribution >= 0.6 is 0 Å². The maximum atomic E-state index is 5.22. The van der Waals surface area contributed by atoms with E-state index in [1.807, 2.05) is 6.07 Å². The van der Waals surface area contributed by atoms with Crippen LogP contribution in [0.15, 0.2) is 36.5 Å². The molecule has 0 atom stereocenters. The summed E-state index contributed by atoms with van der Waals surface area (Å²) < 4.78 is 7.46. The normalized spacial score (nSPS) is 10.4. The molecule has 16 heavy (non-hydrogen) atoms. The molecule has 0 amide bonds. The van der Waals surface area contributed by atoms with Crippen LogP contribution in [0, 0.1) is 6.92 Å². The number of rotatable bonds is 3. The average Bonchev–Trinajstić information content (AvgIpc) is 2.76. The Kier molecular flexibility index (Phi) is 3.00. The van der Waals surface area contributed by atoms with Gasteiger partial charge in [-0.15, -0.1) is 0 Å². The Labute approximate surface area is 96.5 Å². The van der Waals surface area contributed by atoms with E-state index in [2.05, 4.69) is 48.9 Å². The zero-order valence-electron chi connectivity index (χ0n) is 10.0. The average molecular weight is 215 g/mol. The monoisotopic (exact) mass is 215 g/mol. The lowest BCUT2D eigenvalue weighted by molar-refractivity contribution is 0.414. The van der Waals surface area contributed by atoms with Crippen LogP contribution in [0.4, 0.5) is 0 Å². The van der Waals surface area contributed by atoms with Gasteiger partial charge in [-0.1, -0.05) is 0 Å². The predicted molar refractivity (Wildman–Crippen MR) is 66.8 cm³/mol. The largest absolute Gasteiger partial charge is 0.497 e. The Balaban J connectivity index is 2.48. The van der Waals surface area contributed by atoms with Crippen LogP contribution in [0.25, 0.3) is 11.3 Å². The first-order chi connectivity index (χ1) is 7.76. The molecule has 2 rings (SSSR count). The number of methoxy groups -OCH3 is 1. The molecule has 0 spiro atoms. The van der Waals surface area contributed by atoms with E-state index in [-0.39, 0.29) is 0 Å². The third kappa shape index (κ3) is 1.83. The maximum Gasteiger partial charge on any atom is 0.119 e. The minimum atomic E-state index is 0.913. The number of benzene rings is 1. The summed E-state index contributed by atoms with van der Waals surface area (Å²) in [5.74, 6) is 0.913. The van der Waals surface area contributed by atoms with Crippen molar-refractivity contribution in [2.75, 3.05) is 7.11 Å². The molecule has 0 saturated carbocycles. The second-order valence-electron chi connectivity index (χ2n) is 3.86. The van der Waals surface area contributed by atoms with E-state index in [0.29, 0.717) is 0 Å². The van der Waals surface area contributed by atoms with Crippen molar-refractivity contribution in [2.45, 2.75) is 20.4 Å². The SMILES string of the molecule is CCn1cccc1-c1ccc(OC)cc1C. The number of hydrogen-bond acceptors (Lipinski definition) is 1. The van der Waals surface area contributed by atoms with E-state index in [4.69, 9.17) is 4.74 Å². The zero-order valence-corrected chi connectivity index (χ0v) is 10.0. The topological polar surface area (TPSA) is 14.2 Å². The lowest BCUT2D eigenvalue weighted by Crippen LogP contribution is -1.96. The van der Waals surface area contributed by atoms with Crippen LogP contribution in [0.3, 0.4) is 0 Å². The molecular formula is C14H17NO. The van der Waals surface area contributed by atoms with Gasteiger partial charge in [0.05, 0.1) is 7.11 Å². The molecule has 84 valence electrons. The minimum absolute atomic E-state index is 0.913. The van der Waals surface area contributed by atoms with Crippen LogP contribution in [0.5, 0.6) is 5.75 Å². The van der Waals surface area contributed by atoms with Crippen LogP contribution in [0.1, 0.15) is 12.5 Å². The smallest absolute Gasteiger partial charge is 0.119 e. The quantitative estimate of drug-likeness (QED) is 0.764. The van der Waals surface area contributed by atoms with Gasteiger partial charge in [-0.25, -0.2) is 0 Å². The summed E-state index contributed by atoms with van der Waals surface area (Å²) in [6.45, 7) is 5.26. The molecule has 2 aromatic rings. The molecule has 0 bridgehead atoms. The molecular weight excluding hydrogens is 198 g/mol. The van der Waals surface area contributed by atoms with Crippen LogP contribution < -0.4 is 4.74 Å². The van der Waals surface area contributed by atoms with E-state index < -0.39 is 0 Å². The van der Waals surface area contributed by atoms with Crippen molar-refractivity contribution in [3.8, 4) is 17.0 Å². The first-order valence-corrected chi connectivity index (χ1v) is 5.56. The molecule has 0 radical (unpaired) electrons. The van der Waals surface area contributed by atoms with E-state index in [1.165, 1.54) is 16.8 Å². The van der Waals surface area contributed by atoms with Gasteiger partial charge < -0.3 is 9.30 Å². The highest BCUT2D eigenvalue weighted by molar-refractivity contribution is 5.65. The summed E-state index contributed by atoms with van der Waals surface area (Å²) in [6, 6.07) is 10.4. The van der Waals surface area contributed by atoms with Gasteiger partial charge in [0.2, 0.25) is 0 Å². The first-order valence-electron chi connectivity index (χ1n) is 5.56. The van der Waals surface area contributed by atoms with Crippen molar-refractivity contribution in [3.05, 3.63) is 42.1 Å². The molecule has 2 nitrogen and oxygen atoms in total. The summed E-state index contributed by atoms with van der Waals surface area (Å²) >= 11 is 0. The molecule has 0 saturated heterocycles. The lowest BCUT2D eigenvalue weighted by atomic mass is 10.1. The molecule has 0 aliphatic heterocycles. The fourth-order valence-corrected chi connectivity index (χ4v) is 1.98. The van der Waals surface area contributed by atoms with Gasteiger partial charge >= 0.3 is 0 Å². The Hall–Kier alpha value is -1.70. The molecule has 0 aliphatic rings. The number of aromatic nitrogens is 1. The molecule has 1 heterocycles. The van der Waals surface area contributed by atoms with Crippen LogP contribution in [-0.2, 0) is 6.54 Å². The fourth-order valence-electron chi connectivity index (χ4n) is 1.98. The van der Waals surface area contributed by atoms with Crippen molar-refractivity contribution >= 4 is 0 Å². The number of ether oxygens (including phenoxy) is 1.